The van der Waals surface area contributed by atoms with Gasteiger partial charge < -0.3 is 9.53 Å². The highest BCUT2D eigenvalue weighted by Gasteiger charge is 2.58. The van der Waals surface area contributed by atoms with Crippen LogP contribution < -0.4 is 15.6 Å². The number of nitriles is 1. The average Bonchev–Trinajstić information content (AvgIpc) is 3.17. The summed E-state index contributed by atoms with van der Waals surface area (Å²) in [4.78, 5) is 2.25. The minimum absolute atomic E-state index is 0.122. The van der Waals surface area contributed by atoms with Crippen molar-refractivity contribution < 1.29 is 9.53 Å². The predicted octanol–water partition coefficient (Wildman–Crippen LogP) is 9.39. The summed E-state index contributed by atoms with van der Waals surface area (Å²) in [7, 11) is -5.17. The molecule has 4 aromatic carbocycles. The number of rotatable bonds is 15. The van der Waals surface area contributed by atoms with E-state index in [1.807, 2.05) is 12.1 Å². The van der Waals surface area contributed by atoms with Crippen molar-refractivity contribution in [3.8, 4) is 6.07 Å². The molecule has 54 heavy (non-hydrogen) atoms. The first-order valence-electron chi connectivity index (χ1n) is 19.8. The third-order valence-corrected chi connectivity index (χ3v) is 21.8. The molecule has 0 radical (unpaired) electrons. The fraction of sp³-hybridized carbons (Fsp3) is 0.396. The van der Waals surface area contributed by atoms with Crippen LogP contribution >= 0.6 is 0 Å². The Morgan fingerprint density at radius 3 is 1.87 bits per heavy atom. The maximum Gasteiger partial charge on any atom is 0.261 e. The number of aliphatic hydroxyl groups is 1. The van der Waals surface area contributed by atoms with Gasteiger partial charge in [-0.3, -0.25) is 4.90 Å². The minimum Gasteiger partial charge on any atom is -0.404 e. The van der Waals surface area contributed by atoms with Gasteiger partial charge >= 0.3 is 0 Å². The van der Waals surface area contributed by atoms with Gasteiger partial charge in [0.05, 0.1) is 20.7 Å². The molecule has 1 aliphatic carbocycles. The molecule has 1 fully saturated rings. The summed E-state index contributed by atoms with van der Waals surface area (Å²) < 4.78 is 7.96. The van der Waals surface area contributed by atoms with Crippen LogP contribution in [0.4, 0.5) is 0 Å². The second kappa shape index (κ2) is 17.7. The van der Waals surface area contributed by atoms with Gasteiger partial charge in [0.1, 0.15) is 5.60 Å². The Morgan fingerprint density at radius 1 is 0.889 bits per heavy atom. The molecule has 6 heteroatoms. The lowest BCUT2D eigenvalue weighted by atomic mass is 9.69. The highest BCUT2D eigenvalue weighted by molar-refractivity contribution is 6.99. The van der Waals surface area contributed by atoms with Crippen LogP contribution in [0.3, 0.4) is 0 Å². The van der Waals surface area contributed by atoms with Crippen LogP contribution in [0.1, 0.15) is 65.9 Å². The Balaban J connectivity index is 1.71. The molecule has 5 atom stereocenters. The molecule has 0 aromatic heterocycles. The lowest BCUT2D eigenvalue weighted by Gasteiger charge is -2.56. The zero-order chi connectivity index (χ0) is 39.0. The van der Waals surface area contributed by atoms with Crippen molar-refractivity contribution in [1.82, 2.24) is 4.90 Å². The summed E-state index contributed by atoms with van der Waals surface area (Å²) >= 11 is 0. The summed E-state index contributed by atoms with van der Waals surface area (Å²) in [6, 6.07) is 45.5. The number of benzene rings is 4. The molecule has 1 aliphatic rings. The van der Waals surface area contributed by atoms with Crippen LogP contribution in [-0.2, 0) is 11.0 Å². The molecule has 0 aliphatic heterocycles. The average molecular weight is 755 g/mol. The molecule has 5 rings (SSSR count). The SMILES string of the molecule is C=CCC/C=C(/C)[C@]1(O)C[C@H]([Si](C)(C)c2ccccc2)[C@@H]([C@@H](C)O[Si](c2ccccc2)(c2ccccc2)C(C)(C)C)C[C@H]1N(CC#N)Cc1ccccc1. The second-order valence-corrected chi connectivity index (χ2v) is 26.0. The van der Waals surface area contributed by atoms with E-state index >= 15 is 0 Å². The third-order valence-electron chi connectivity index (χ3n) is 12.4. The molecule has 0 unspecified atom stereocenters. The number of hydrogen-bond donors (Lipinski definition) is 1. The Labute approximate surface area is 328 Å². The van der Waals surface area contributed by atoms with Crippen molar-refractivity contribution in [2.24, 2.45) is 5.92 Å². The van der Waals surface area contributed by atoms with E-state index in [1.54, 1.807) is 0 Å². The van der Waals surface area contributed by atoms with E-state index in [4.69, 9.17) is 4.43 Å². The van der Waals surface area contributed by atoms with Crippen LogP contribution in [-0.4, -0.2) is 50.7 Å². The molecule has 4 nitrogen and oxygen atoms in total. The molecule has 4 aromatic rings. The van der Waals surface area contributed by atoms with Gasteiger partial charge in [0, 0.05) is 18.7 Å². The monoisotopic (exact) mass is 754 g/mol. The van der Waals surface area contributed by atoms with Gasteiger partial charge in [-0.15, -0.1) is 6.58 Å². The fourth-order valence-electron chi connectivity index (χ4n) is 9.34. The van der Waals surface area contributed by atoms with Gasteiger partial charge in [0.15, 0.2) is 0 Å². The van der Waals surface area contributed by atoms with Crippen molar-refractivity contribution >= 4 is 32.0 Å². The number of nitrogens with zero attached hydrogens (tertiary/aromatic N) is 2. The number of hydrogen-bond acceptors (Lipinski definition) is 4. The summed E-state index contributed by atoms with van der Waals surface area (Å²) in [6.45, 7) is 21.2. The van der Waals surface area contributed by atoms with E-state index in [-0.39, 0.29) is 35.2 Å². The first-order valence-corrected chi connectivity index (χ1v) is 24.8. The fourth-order valence-corrected chi connectivity index (χ4v) is 17.9. The quantitative estimate of drug-likeness (QED) is 0.0569. The Morgan fingerprint density at radius 2 is 1.39 bits per heavy atom. The normalized spacial score (nSPS) is 21.7. The molecule has 0 amide bonds. The van der Waals surface area contributed by atoms with Crippen LogP contribution in [0.2, 0.25) is 23.7 Å². The van der Waals surface area contributed by atoms with Crippen LogP contribution in [0.15, 0.2) is 146 Å². The van der Waals surface area contributed by atoms with Crippen molar-refractivity contribution in [2.45, 2.75) is 108 Å². The van der Waals surface area contributed by atoms with Crippen LogP contribution in [0.5, 0.6) is 0 Å². The molecule has 0 spiro atoms. The lowest BCUT2D eigenvalue weighted by Crippen LogP contribution is -2.69. The molecule has 1 N–H and O–H groups in total. The van der Waals surface area contributed by atoms with Gasteiger partial charge in [-0.1, -0.05) is 173 Å². The standard InChI is InChI=1S/C48H62N2O2Si2/c1-9-10-15-24-38(2)48(51)36-45(53(7,8)41-27-18-12-19-28-41)44(35-46(48)50(34-33-49)37-40-25-16-11-17-26-40)39(3)52-54(47(4,5)6,42-29-20-13-21-30-42)43-31-22-14-23-32-43/h9,11-14,16-32,39,44-46,51H,1,10,15,34-37H2,2-8H3/b38-24-/t39-,44-,45+,46-,48-/m1/s1. The highest BCUT2D eigenvalue weighted by atomic mass is 28.4. The van der Waals surface area contributed by atoms with E-state index in [0.29, 0.717) is 19.4 Å². The lowest BCUT2D eigenvalue weighted by molar-refractivity contribution is -0.0730. The molecule has 0 heterocycles. The smallest absolute Gasteiger partial charge is 0.261 e. The summed E-state index contributed by atoms with van der Waals surface area (Å²) in [5, 5.41) is 27.5. The maximum absolute atomic E-state index is 13.4. The van der Waals surface area contributed by atoms with Gasteiger partial charge in [0.25, 0.3) is 8.32 Å². The Hall–Kier alpha value is -3.84. The molecule has 1 saturated carbocycles. The second-order valence-electron chi connectivity index (χ2n) is 17.0. The van der Waals surface area contributed by atoms with E-state index < -0.39 is 22.0 Å². The van der Waals surface area contributed by atoms with Crippen molar-refractivity contribution in [1.29, 1.82) is 5.26 Å². The Kier molecular flexibility index (Phi) is 13.6. The van der Waals surface area contributed by atoms with Gasteiger partial charge in [-0.2, -0.15) is 5.26 Å². The molecular formula is C48H62N2O2Si2. The Bertz CT molecular complexity index is 1810. The minimum atomic E-state index is -2.90. The third kappa shape index (κ3) is 8.67. The van der Waals surface area contributed by atoms with Gasteiger partial charge in [-0.25, -0.2) is 0 Å². The highest BCUT2D eigenvalue weighted by Crippen LogP contribution is 2.52. The first kappa shape index (κ1) is 41.3. The zero-order valence-corrected chi connectivity index (χ0v) is 35.7. The predicted molar refractivity (Wildman–Crippen MR) is 233 cm³/mol. The van der Waals surface area contributed by atoms with Crippen molar-refractivity contribution in [3.63, 3.8) is 0 Å². The summed E-state index contributed by atoms with van der Waals surface area (Å²) in [5.74, 6) is 0.122. The molecule has 284 valence electrons. The van der Waals surface area contributed by atoms with Gasteiger partial charge in [0.2, 0.25) is 0 Å². The molecule has 0 bridgehead atoms. The van der Waals surface area contributed by atoms with E-state index in [0.717, 1.165) is 24.0 Å². The molecule has 0 saturated heterocycles. The maximum atomic E-state index is 13.4. The van der Waals surface area contributed by atoms with E-state index in [9.17, 15) is 10.4 Å². The van der Waals surface area contributed by atoms with Crippen molar-refractivity contribution in [3.05, 3.63) is 151 Å². The topological polar surface area (TPSA) is 56.5 Å². The largest absolute Gasteiger partial charge is 0.404 e. The number of unbranched alkanes of at least 4 members (excludes halogenated alkanes) is 1. The molecular weight excluding hydrogens is 693 g/mol. The van der Waals surface area contributed by atoms with Crippen molar-refractivity contribution in [2.75, 3.05) is 6.54 Å². The van der Waals surface area contributed by atoms with E-state index in [1.165, 1.54) is 15.6 Å². The zero-order valence-electron chi connectivity index (χ0n) is 33.7. The van der Waals surface area contributed by atoms with Crippen LogP contribution in [0, 0.1) is 17.2 Å². The number of allylic oxidation sites excluding steroid dienone is 2. The first-order chi connectivity index (χ1) is 25.8. The van der Waals surface area contributed by atoms with Crippen LogP contribution in [0.25, 0.3) is 0 Å². The summed E-state index contributed by atoms with van der Waals surface area (Å²) in [5.41, 5.74) is 1.19. The van der Waals surface area contributed by atoms with Gasteiger partial charge in [-0.05, 0) is 77.5 Å². The summed E-state index contributed by atoms with van der Waals surface area (Å²) in [6.07, 6.45) is 7.03. The van der Waals surface area contributed by atoms with E-state index in [2.05, 4.69) is 187 Å².